The van der Waals surface area contributed by atoms with Crippen LogP contribution in [0.4, 0.5) is 5.13 Å². The second-order valence-corrected chi connectivity index (χ2v) is 6.44. The summed E-state index contributed by atoms with van der Waals surface area (Å²) in [4.78, 5) is 8.24. The highest BCUT2D eigenvalue weighted by molar-refractivity contribution is 7.15. The minimum absolute atomic E-state index is 0.250. The number of hydrogen-bond acceptors (Lipinski definition) is 5. The second-order valence-electron chi connectivity index (χ2n) is 5.38. The monoisotopic (exact) mass is 268 g/mol. The average Bonchev–Trinajstić information content (AvgIpc) is 2.73. The predicted octanol–water partition coefficient (Wildman–Crippen LogP) is 2.13. The summed E-state index contributed by atoms with van der Waals surface area (Å²) < 4.78 is 5.75. The van der Waals surface area contributed by atoms with Crippen LogP contribution in [0.15, 0.2) is 0 Å². The van der Waals surface area contributed by atoms with Crippen LogP contribution in [-0.4, -0.2) is 35.4 Å². The first-order chi connectivity index (χ1) is 8.63. The van der Waals surface area contributed by atoms with Crippen molar-refractivity contribution in [2.24, 2.45) is 0 Å². The van der Waals surface area contributed by atoms with Gasteiger partial charge in [-0.1, -0.05) is 0 Å². The van der Waals surface area contributed by atoms with Gasteiger partial charge in [0.05, 0.1) is 24.0 Å². The van der Waals surface area contributed by atoms with Gasteiger partial charge < -0.3 is 14.7 Å². The summed E-state index contributed by atoms with van der Waals surface area (Å²) in [6.07, 6.45) is 3.14. The first kappa shape index (κ1) is 12.4. The molecule has 0 bridgehead atoms. The smallest absolute Gasteiger partial charge is 0.186 e. The van der Waals surface area contributed by atoms with Gasteiger partial charge in [0.15, 0.2) is 5.13 Å². The molecule has 0 aromatic carbocycles. The number of fused-ring (bicyclic) bond motifs is 1. The first-order valence-electron chi connectivity index (χ1n) is 6.71. The Hall–Kier alpha value is -0.650. The number of aliphatic hydroxyl groups excluding tert-OH is 1. The molecule has 1 N–H and O–H groups in total. The third kappa shape index (κ3) is 2.27. The number of hydrogen-bond donors (Lipinski definition) is 1. The Morgan fingerprint density at radius 1 is 1.33 bits per heavy atom. The Morgan fingerprint density at radius 2 is 2.06 bits per heavy atom. The van der Waals surface area contributed by atoms with Crippen LogP contribution in [0.2, 0.25) is 0 Å². The summed E-state index contributed by atoms with van der Waals surface area (Å²) in [5, 5.41) is 11.0. The Kier molecular flexibility index (Phi) is 3.30. The highest BCUT2D eigenvalue weighted by Crippen LogP contribution is 2.37. The lowest BCUT2D eigenvalue weighted by Gasteiger charge is -2.35. The quantitative estimate of drug-likeness (QED) is 0.847. The van der Waals surface area contributed by atoms with E-state index in [1.165, 1.54) is 4.88 Å². The van der Waals surface area contributed by atoms with E-state index in [4.69, 9.17) is 4.74 Å². The van der Waals surface area contributed by atoms with Gasteiger partial charge in [-0.25, -0.2) is 4.98 Å². The van der Waals surface area contributed by atoms with E-state index in [2.05, 4.69) is 23.7 Å². The van der Waals surface area contributed by atoms with Gasteiger partial charge in [0.25, 0.3) is 0 Å². The van der Waals surface area contributed by atoms with Crippen molar-refractivity contribution in [3.63, 3.8) is 0 Å². The summed E-state index contributed by atoms with van der Waals surface area (Å²) in [6.45, 7) is 6.00. The second kappa shape index (κ2) is 4.79. The van der Waals surface area contributed by atoms with E-state index >= 15 is 0 Å². The summed E-state index contributed by atoms with van der Waals surface area (Å²) >= 11 is 1.75. The van der Waals surface area contributed by atoms with Crippen LogP contribution < -0.4 is 4.90 Å². The maximum Gasteiger partial charge on any atom is 0.186 e. The van der Waals surface area contributed by atoms with Crippen molar-refractivity contribution >= 4 is 16.5 Å². The highest BCUT2D eigenvalue weighted by Gasteiger charge is 2.28. The van der Waals surface area contributed by atoms with Crippen molar-refractivity contribution < 1.29 is 9.84 Å². The van der Waals surface area contributed by atoms with Gasteiger partial charge in [-0.15, -0.1) is 11.3 Å². The molecule has 3 rings (SSSR count). The van der Waals surface area contributed by atoms with E-state index in [1.54, 1.807) is 11.3 Å². The van der Waals surface area contributed by atoms with E-state index in [-0.39, 0.29) is 18.3 Å². The minimum Gasteiger partial charge on any atom is -0.387 e. The van der Waals surface area contributed by atoms with Gasteiger partial charge in [-0.2, -0.15) is 0 Å². The van der Waals surface area contributed by atoms with Gasteiger partial charge in [0, 0.05) is 18.0 Å². The number of aliphatic hydroxyl groups is 1. The zero-order chi connectivity index (χ0) is 12.7. The van der Waals surface area contributed by atoms with Crippen molar-refractivity contribution in [3.8, 4) is 0 Å². The Balaban J connectivity index is 1.84. The highest BCUT2D eigenvalue weighted by atomic mass is 32.1. The van der Waals surface area contributed by atoms with Crippen LogP contribution in [0, 0.1) is 0 Å². The van der Waals surface area contributed by atoms with Gasteiger partial charge in [0.2, 0.25) is 0 Å². The van der Waals surface area contributed by atoms with Gasteiger partial charge in [-0.05, 0) is 33.1 Å². The molecule has 2 heterocycles. The molecule has 0 amide bonds. The van der Waals surface area contributed by atoms with E-state index in [0.29, 0.717) is 0 Å². The minimum atomic E-state index is -0.352. The zero-order valence-electron chi connectivity index (χ0n) is 10.9. The normalized spacial score (nSPS) is 32.4. The van der Waals surface area contributed by atoms with Gasteiger partial charge in [0.1, 0.15) is 0 Å². The molecule has 1 unspecified atom stereocenters. The lowest BCUT2D eigenvalue weighted by Crippen LogP contribution is -2.45. The van der Waals surface area contributed by atoms with E-state index in [1.807, 2.05) is 0 Å². The number of aromatic nitrogens is 1. The maximum absolute atomic E-state index is 9.98. The fourth-order valence-electron chi connectivity index (χ4n) is 2.85. The molecule has 18 heavy (non-hydrogen) atoms. The van der Waals surface area contributed by atoms with E-state index < -0.39 is 0 Å². The lowest BCUT2D eigenvalue weighted by molar-refractivity contribution is -0.00524. The summed E-state index contributed by atoms with van der Waals surface area (Å²) in [5.41, 5.74) is 0.924. The molecule has 5 heteroatoms. The molecular weight excluding hydrogens is 248 g/mol. The largest absolute Gasteiger partial charge is 0.387 e. The molecule has 1 aliphatic heterocycles. The molecule has 2 aliphatic rings. The van der Waals surface area contributed by atoms with Crippen molar-refractivity contribution in [3.05, 3.63) is 10.6 Å². The maximum atomic E-state index is 9.98. The van der Waals surface area contributed by atoms with Gasteiger partial charge >= 0.3 is 0 Å². The number of thiazole rings is 1. The lowest BCUT2D eigenvalue weighted by atomic mass is 10.0. The van der Waals surface area contributed by atoms with E-state index in [9.17, 15) is 5.11 Å². The molecule has 100 valence electrons. The summed E-state index contributed by atoms with van der Waals surface area (Å²) in [5.74, 6) is 0. The summed E-state index contributed by atoms with van der Waals surface area (Å²) in [7, 11) is 0. The Morgan fingerprint density at radius 3 is 2.72 bits per heavy atom. The number of nitrogens with zero attached hydrogens (tertiary/aromatic N) is 2. The number of morpholine rings is 1. The topological polar surface area (TPSA) is 45.6 Å². The molecule has 1 saturated heterocycles. The molecule has 1 aromatic heterocycles. The SMILES string of the molecule is C[C@@H]1CN(c2nc3c(s2)CCCC3O)C[C@H](C)O1. The zero-order valence-corrected chi connectivity index (χ0v) is 11.7. The van der Waals surface area contributed by atoms with Crippen LogP contribution in [0.25, 0.3) is 0 Å². The Labute approximate surface area is 112 Å². The standard InChI is InChI=1S/C13H20N2O2S/c1-8-6-15(7-9(2)17-8)13-14-12-10(16)4-3-5-11(12)18-13/h8-10,16H,3-7H2,1-2H3/t8-,9+,10?. The summed E-state index contributed by atoms with van der Waals surface area (Å²) in [6, 6.07) is 0. The molecule has 3 atom stereocenters. The van der Waals surface area contributed by atoms with Crippen molar-refractivity contribution in [2.45, 2.75) is 51.4 Å². The third-order valence-electron chi connectivity index (χ3n) is 3.60. The fraction of sp³-hybridized carbons (Fsp3) is 0.769. The van der Waals surface area contributed by atoms with Crippen molar-refractivity contribution in [2.75, 3.05) is 18.0 Å². The molecule has 0 saturated carbocycles. The molecule has 4 nitrogen and oxygen atoms in total. The van der Waals surface area contributed by atoms with Crippen LogP contribution in [0.1, 0.15) is 43.4 Å². The Bertz CT molecular complexity index is 425. The molecule has 1 aliphatic carbocycles. The number of aryl methyl sites for hydroxylation is 1. The average molecular weight is 268 g/mol. The fourth-order valence-corrected chi connectivity index (χ4v) is 4.03. The van der Waals surface area contributed by atoms with Crippen molar-refractivity contribution in [1.29, 1.82) is 0 Å². The molecule has 1 aromatic rings. The predicted molar refractivity (Wildman–Crippen MR) is 72.2 cm³/mol. The number of ether oxygens (including phenoxy) is 1. The van der Waals surface area contributed by atoms with Crippen LogP contribution in [0.5, 0.6) is 0 Å². The van der Waals surface area contributed by atoms with Crippen LogP contribution in [0.3, 0.4) is 0 Å². The number of rotatable bonds is 1. The third-order valence-corrected chi connectivity index (χ3v) is 4.80. The molecule has 0 spiro atoms. The molecular formula is C13H20N2O2S. The molecule has 0 radical (unpaired) electrons. The van der Waals surface area contributed by atoms with Crippen LogP contribution >= 0.6 is 11.3 Å². The molecule has 1 fully saturated rings. The van der Waals surface area contributed by atoms with E-state index in [0.717, 1.165) is 43.2 Å². The first-order valence-corrected chi connectivity index (χ1v) is 7.53. The number of anilines is 1. The van der Waals surface area contributed by atoms with Crippen LogP contribution in [-0.2, 0) is 11.2 Å². The van der Waals surface area contributed by atoms with Gasteiger partial charge in [-0.3, -0.25) is 0 Å². The van der Waals surface area contributed by atoms with Crippen molar-refractivity contribution in [1.82, 2.24) is 4.98 Å².